The molecule has 0 bridgehead atoms. The Bertz CT molecular complexity index is 420. The largest absolute Gasteiger partial charge is 0.411 e. The lowest BCUT2D eigenvalue weighted by atomic mass is 10.2. The van der Waals surface area contributed by atoms with Gasteiger partial charge in [0.25, 0.3) is 0 Å². The maximum absolute atomic E-state index is 8.29. The summed E-state index contributed by atoms with van der Waals surface area (Å²) in [5, 5.41) is 15.7. The van der Waals surface area contributed by atoms with E-state index in [4.69, 9.17) is 9.73 Å². The van der Waals surface area contributed by atoms with Crippen LogP contribution in [0.15, 0.2) is 33.9 Å². The number of fused-ring (bicyclic) bond motifs is 1. The predicted octanol–water partition coefficient (Wildman–Crippen LogP) is 1.64. The Hall–Kier alpha value is -1.84. The van der Waals surface area contributed by atoms with E-state index >= 15 is 0 Å². The second-order valence-electron chi connectivity index (χ2n) is 2.31. The van der Waals surface area contributed by atoms with Gasteiger partial charge < -0.3 is 9.73 Å². The Morgan fingerprint density at radius 2 is 2.25 bits per heavy atom. The molecule has 0 saturated heterocycles. The minimum Gasteiger partial charge on any atom is -0.411 e. The Morgan fingerprint density at radius 1 is 1.42 bits per heavy atom. The molecule has 0 atom stereocenters. The van der Waals surface area contributed by atoms with Crippen molar-refractivity contribution in [2.24, 2.45) is 5.16 Å². The zero-order valence-electron chi connectivity index (χ0n) is 6.14. The Balaban J connectivity index is 2.70. The molecule has 4 nitrogen and oxygen atoms in total. The molecular formula is C8H6N2O2. The number of benzene rings is 1. The zero-order valence-corrected chi connectivity index (χ0v) is 6.14. The first-order valence-electron chi connectivity index (χ1n) is 3.43. The molecule has 0 amide bonds. The molecule has 0 saturated carbocycles. The molecule has 60 valence electrons. The van der Waals surface area contributed by atoms with E-state index in [1.807, 2.05) is 18.2 Å². The van der Waals surface area contributed by atoms with Gasteiger partial charge in [-0.2, -0.15) is 0 Å². The highest BCUT2D eigenvalue weighted by Crippen LogP contribution is 2.15. The van der Waals surface area contributed by atoms with Gasteiger partial charge in [-0.1, -0.05) is 22.4 Å². The quantitative estimate of drug-likeness (QED) is 0.394. The first-order chi connectivity index (χ1) is 5.92. The van der Waals surface area contributed by atoms with E-state index < -0.39 is 0 Å². The maximum atomic E-state index is 8.29. The lowest BCUT2D eigenvalue weighted by Gasteiger charge is -1.83. The average molecular weight is 162 g/mol. The summed E-state index contributed by atoms with van der Waals surface area (Å²) in [6.45, 7) is 0. The Morgan fingerprint density at radius 3 is 3.08 bits per heavy atom. The number of aromatic nitrogens is 1. The fourth-order valence-corrected chi connectivity index (χ4v) is 1.05. The van der Waals surface area contributed by atoms with Crippen molar-refractivity contribution in [1.29, 1.82) is 0 Å². The van der Waals surface area contributed by atoms with Crippen LogP contribution in [0.2, 0.25) is 0 Å². The molecule has 1 heterocycles. The van der Waals surface area contributed by atoms with Crippen LogP contribution in [0, 0.1) is 0 Å². The second kappa shape index (κ2) is 2.65. The molecule has 0 spiro atoms. The highest BCUT2D eigenvalue weighted by atomic mass is 16.5. The summed E-state index contributed by atoms with van der Waals surface area (Å²) < 4.78 is 4.95. The van der Waals surface area contributed by atoms with Crippen molar-refractivity contribution in [3.8, 4) is 0 Å². The van der Waals surface area contributed by atoms with Crippen LogP contribution >= 0.6 is 0 Å². The normalized spacial score (nSPS) is 11.3. The van der Waals surface area contributed by atoms with Crippen molar-refractivity contribution < 1.29 is 9.73 Å². The monoisotopic (exact) mass is 162 g/mol. The van der Waals surface area contributed by atoms with Crippen LogP contribution < -0.4 is 0 Å². The van der Waals surface area contributed by atoms with Gasteiger partial charge in [0.2, 0.25) is 0 Å². The molecule has 0 radical (unpaired) electrons. The number of rotatable bonds is 1. The van der Waals surface area contributed by atoms with Gasteiger partial charge in [0, 0.05) is 0 Å². The summed E-state index contributed by atoms with van der Waals surface area (Å²) in [5.41, 5.74) is 1.22. The van der Waals surface area contributed by atoms with Crippen LogP contribution in [0.1, 0.15) is 5.69 Å². The summed E-state index contributed by atoms with van der Waals surface area (Å²) >= 11 is 0. The van der Waals surface area contributed by atoms with Crippen molar-refractivity contribution in [1.82, 2.24) is 5.16 Å². The molecule has 2 aromatic rings. The Labute approximate surface area is 68.1 Å². The van der Waals surface area contributed by atoms with Gasteiger partial charge in [0.05, 0.1) is 11.6 Å². The van der Waals surface area contributed by atoms with Crippen LogP contribution in [0.3, 0.4) is 0 Å². The van der Waals surface area contributed by atoms with Gasteiger partial charge in [0.1, 0.15) is 5.69 Å². The fourth-order valence-electron chi connectivity index (χ4n) is 1.05. The standard InChI is InChI=1S/C8H6N2O2/c11-9-5-7-6-3-1-2-4-8(6)12-10-7/h1-5,11H. The topological polar surface area (TPSA) is 58.6 Å². The van der Waals surface area contributed by atoms with Crippen LogP contribution in [-0.2, 0) is 0 Å². The minimum absolute atomic E-state index is 0.535. The van der Waals surface area contributed by atoms with E-state index in [1.54, 1.807) is 6.07 Å². The molecule has 0 aliphatic heterocycles. The smallest absolute Gasteiger partial charge is 0.167 e. The number of hydrogen-bond acceptors (Lipinski definition) is 4. The van der Waals surface area contributed by atoms with Crippen LogP contribution in [0.5, 0.6) is 0 Å². The molecule has 4 heteroatoms. The maximum Gasteiger partial charge on any atom is 0.167 e. The number of nitrogens with zero attached hydrogens (tertiary/aromatic N) is 2. The lowest BCUT2D eigenvalue weighted by Crippen LogP contribution is -1.79. The van der Waals surface area contributed by atoms with Crippen molar-refractivity contribution >= 4 is 17.2 Å². The van der Waals surface area contributed by atoms with Gasteiger partial charge in [-0.25, -0.2) is 0 Å². The first kappa shape index (κ1) is 6.84. The van der Waals surface area contributed by atoms with E-state index in [2.05, 4.69) is 10.3 Å². The van der Waals surface area contributed by atoms with E-state index in [9.17, 15) is 0 Å². The van der Waals surface area contributed by atoms with E-state index in [0.717, 1.165) is 5.39 Å². The van der Waals surface area contributed by atoms with Gasteiger partial charge in [-0.05, 0) is 12.1 Å². The zero-order chi connectivity index (χ0) is 8.39. The molecule has 0 unspecified atom stereocenters. The first-order valence-corrected chi connectivity index (χ1v) is 3.43. The molecular weight excluding hydrogens is 156 g/mol. The van der Waals surface area contributed by atoms with E-state index in [1.165, 1.54) is 6.21 Å². The van der Waals surface area contributed by atoms with E-state index in [-0.39, 0.29) is 0 Å². The van der Waals surface area contributed by atoms with Crippen LogP contribution in [0.25, 0.3) is 11.0 Å². The van der Waals surface area contributed by atoms with Crippen molar-refractivity contribution in [2.75, 3.05) is 0 Å². The third-order valence-corrected chi connectivity index (χ3v) is 1.59. The van der Waals surface area contributed by atoms with Crippen molar-refractivity contribution in [3.63, 3.8) is 0 Å². The molecule has 1 aromatic carbocycles. The number of hydrogen-bond donors (Lipinski definition) is 1. The molecule has 12 heavy (non-hydrogen) atoms. The summed E-state index contributed by atoms with van der Waals surface area (Å²) in [7, 11) is 0. The summed E-state index contributed by atoms with van der Waals surface area (Å²) in [6.07, 6.45) is 1.24. The highest BCUT2D eigenvalue weighted by molar-refractivity contribution is 5.95. The SMILES string of the molecule is ON=Cc1noc2ccccc12. The second-order valence-corrected chi connectivity index (χ2v) is 2.31. The van der Waals surface area contributed by atoms with E-state index in [0.29, 0.717) is 11.3 Å². The fraction of sp³-hybridized carbons (Fsp3) is 0. The Kier molecular flexibility index (Phi) is 1.51. The van der Waals surface area contributed by atoms with Crippen LogP contribution in [-0.4, -0.2) is 16.6 Å². The molecule has 2 rings (SSSR count). The summed E-state index contributed by atoms with van der Waals surface area (Å²) in [5.74, 6) is 0. The molecule has 1 aromatic heterocycles. The van der Waals surface area contributed by atoms with Crippen molar-refractivity contribution in [2.45, 2.75) is 0 Å². The third kappa shape index (κ3) is 0.934. The van der Waals surface area contributed by atoms with Gasteiger partial charge in [-0.15, -0.1) is 0 Å². The van der Waals surface area contributed by atoms with Gasteiger partial charge in [-0.3, -0.25) is 0 Å². The third-order valence-electron chi connectivity index (χ3n) is 1.59. The molecule has 1 N–H and O–H groups in total. The molecule has 0 aliphatic carbocycles. The van der Waals surface area contributed by atoms with Crippen molar-refractivity contribution in [3.05, 3.63) is 30.0 Å². The number of para-hydroxylation sites is 1. The van der Waals surface area contributed by atoms with Crippen LogP contribution in [0.4, 0.5) is 0 Å². The minimum atomic E-state index is 0.535. The molecule has 0 aliphatic rings. The predicted molar refractivity (Wildman–Crippen MR) is 43.4 cm³/mol. The summed E-state index contributed by atoms with van der Waals surface area (Å²) in [4.78, 5) is 0. The van der Waals surface area contributed by atoms with Gasteiger partial charge >= 0.3 is 0 Å². The molecule has 0 fully saturated rings. The highest BCUT2D eigenvalue weighted by Gasteiger charge is 2.03. The number of oxime groups is 1. The average Bonchev–Trinajstić information content (AvgIpc) is 2.50. The summed E-state index contributed by atoms with van der Waals surface area (Å²) in [6, 6.07) is 7.38. The lowest BCUT2D eigenvalue weighted by molar-refractivity contribution is 0.321. The van der Waals surface area contributed by atoms with Gasteiger partial charge in [0.15, 0.2) is 5.58 Å².